The number of pyridine rings is 5. The van der Waals surface area contributed by atoms with Crippen molar-refractivity contribution in [3.63, 3.8) is 0 Å². The van der Waals surface area contributed by atoms with Crippen molar-refractivity contribution in [2.24, 2.45) is 0 Å². The number of aromatic nitrogens is 5. The first-order valence-electron chi connectivity index (χ1n) is 25.9. The molecule has 6 heterocycles. The van der Waals surface area contributed by atoms with Gasteiger partial charge in [0.05, 0.1) is 33.2 Å². The largest absolute Gasteiger partial charge is 2.00 e. The molecule has 9 nitrogen and oxygen atoms in total. The standard InChI is InChI=1S/C21H13N2O.C20H19N2.C17H15N2.C12H8N2.2Cu/c1-2-11-18-17(10-1)23-21-16(9-4-12-19(21)24-18)15-8-3-6-14-7-5-13-22-20(14)15;1-3-13-20(2,14-7-8-15-21)18-11-5-4-10-17(18)19-12-6-9-16-22-19;1-3-16(18-2)15-10-6-9-14-13-8-5-4-7-12(13)11-19-17(14)15;1-3-9-5-6-10-4-2-8-14-12(10)11(9)13-7-1;;/h1-13H;4-12,14-16,21H,1-2H3;3-11H,1-2H3;1-8H;;/q3*-1;;+1;+2/b;14-7-,15-8-;16-3-;;;. The zero-order valence-corrected chi connectivity index (χ0v) is 46.8. The van der Waals surface area contributed by atoms with Gasteiger partial charge in [-0.3, -0.25) is 24.9 Å². The van der Waals surface area contributed by atoms with Crippen LogP contribution in [0.1, 0.15) is 31.9 Å². The van der Waals surface area contributed by atoms with E-state index in [0.717, 1.165) is 100 Å². The first kappa shape index (κ1) is 57.8. The van der Waals surface area contributed by atoms with Gasteiger partial charge in [0.15, 0.2) is 0 Å². The molecule has 12 aromatic rings. The Kier molecular flexibility index (Phi) is 19.6. The van der Waals surface area contributed by atoms with Crippen LogP contribution in [0.5, 0.6) is 11.5 Å². The van der Waals surface area contributed by atoms with Crippen molar-refractivity contribution >= 4 is 71.5 Å². The van der Waals surface area contributed by atoms with E-state index in [1.807, 2.05) is 143 Å². The van der Waals surface area contributed by atoms with Gasteiger partial charge in [-0.25, -0.2) is 0 Å². The van der Waals surface area contributed by atoms with Crippen molar-refractivity contribution in [2.45, 2.75) is 26.2 Å². The van der Waals surface area contributed by atoms with E-state index in [1.165, 1.54) is 22.4 Å². The monoisotopic (exact) mass is 1150 g/mol. The van der Waals surface area contributed by atoms with Crippen molar-refractivity contribution in [1.82, 2.24) is 24.9 Å². The molecule has 5 aromatic heterocycles. The number of fused-ring (bicyclic) bond motifs is 9. The van der Waals surface area contributed by atoms with E-state index in [2.05, 4.69) is 152 Å². The summed E-state index contributed by atoms with van der Waals surface area (Å²) in [5.74, 6) is 7.87. The maximum absolute atomic E-state index is 7.12. The minimum absolute atomic E-state index is 0. The third-order valence-electron chi connectivity index (χ3n) is 13.4. The molecule has 1 aliphatic heterocycles. The van der Waals surface area contributed by atoms with E-state index in [4.69, 9.17) is 15.8 Å². The summed E-state index contributed by atoms with van der Waals surface area (Å²) in [6, 6.07) is 64.9. The van der Waals surface area contributed by atoms with Crippen LogP contribution >= 0.6 is 0 Å². The summed E-state index contributed by atoms with van der Waals surface area (Å²) in [6.45, 7) is 5.93. The number of hydrogen-bond donors (Lipinski definition) is 0. The normalized spacial score (nSPS) is 12.0. The van der Waals surface area contributed by atoms with E-state index in [9.17, 15) is 0 Å². The summed E-state index contributed by atoms with van der Waals surface area (Å²) >= 11 is 0. The molecular formula is C70H55Cu2N8O. The number of para-hydroxylation sites is 5. The fourth-order valence-corrected chi connectivity index (χ4v) is 9.76. The van der Waals surface area contributed by atoms with Crippen LogP contribution in [0.2, 0.25) is 0 Å². The van der Waals surface area contributed by atoms with Crippen molar-refractivity contribution < 1.29 is 38.9 Å². The van der Waals surface area contributed by atoms with Gasteiger partial charge in [-0.1, -0.05) is 187 Å². The maximum atomic E-state index is 7.12. The second kappa shape index (κ2) is 27.5. The van der Waals surface area contributed by atoms with Crippen LogP contribution in [0.4, 0.5) is 11.4 Å². The predicted molar refractivity (Wildman–Crippen MR) is 329 cm³/mol. The van der Waals surface area contributed by atoms with Crippen molar-refractivity contribution in [1.29, 1.82) is 0 Å². The number of benzene rings is 7. The number of hydrogen-bond acceptors (Lipinski definition) is 6. The molecule has 0 saturated carbocycles. The molecule has 7 aromatic carbocycles. The molecule has 11 heteroatoms. The summed E-state index contributed by atoms with van der Waals surface area (Å²) in [7, 11) is 1.81. The topological polar surface area (TPSA) is 126 Å². The molecule has 1 radical (unpaired) electrons. The fraction of sp³-hybridized carbons (Fsp3) is 0.0714. The smallest absolute Gasteiger partial charge is 0.705 e. The van der Waals surface area contributed by atoms with E-state index < -0.39 is 5.41 Å². The maximum Gasteiger partial charge on any atom is 2.00 e. The Labute approximate surface area is 494 Å². The second-order valence-electron chi connectivity index (χ2n) is 18.4. The van der Waals surface area contributed by atoms with Crippen molar-refractivity contribution in [3.05, 3.63) is 283 Å². The van der Waals surface area contributed by atoms with E-state index >= 15 is 0 Å². The van der Waals surface area contributed by atoms with Crippen LogP contribution in [0.25, 0.3) is 98.8 Å². The number of allylic oxidation sites excluding steroid dienone is 4. The molecular weight excluding hydrogens is 1100 g/mol. The van der Waals surface area contributed by atoms with Crippen molar-refractivity contribution in [2.75, 3.05) is 7.05 Å². The van der Waals surface area contributed by atoms with Gasteiger partial charge in [0, 0.05) is 69.0 Å². The molecule has 0 spiro atoms. The first-order chi connectivity index (χ1) is 38.9. The number of rotatable bonds is 7. The van der Waals surface area contributed by atoms with Crippen LogP contribution in [0.15, 0.2) is 256 Å². The molecule has 1 aliphatic rings. The summed E-state index contributed by atoms with van der Waals surface area (Å²) in [5, 5.41) is 16.1. The second-order valence-corrected chi connectivity index (χ2v) is 18.4. The van der Waals surface area contributed by atoms with Gasteiger partial charge in [0.1, 0.15) is 11.5 Å². The van der Waals surface area contributed by atoms with Crippen LogP contribution in [-0.4, -0.2) is 32.0 Å². The molecule has 403 valence electrons. The van der Waals surface area contributed by atoms with Crippen LogP contribution in [0.3, 0.4) is 0 Å². The minimum atomic E-state index is -0.428. The van der Waals surface area contributed by atoms with E-state index in [1.54, 1.807) is 24.7 Å². The van der Waals surface area contributed by atoms with E-state index in [0.29, 0.717) is 0 Å². The quantitative estimate of drug-likeness (QED) is 0.0677. The van der Waals surface area contributed by atoms with Gasteiger partial charge in [-0.15, -0.1) is 24.7 Å². The van der Waals surface area contributed by atoms with Gasteiger partial charge in [0.25, 0.3) is 0 Å². The summed E-state index contributed by atoms with van der Waals surface area (Å²) in [6.07, 6.45) is 18.0. The third-order valence-corrected chi connectivity index (χ3v) is 13.4. The molecule has 0 saturated heterocycles. The molecule has 1 unspecified atom stereocenters. The van der Waals surface area contributed by atoms with Gasteiger partial charge in [0.2, 0.25) is 0 Å². The predicted octanol–water partition coefficient (Wildman–Crippen LogP) is 19.0. The molecule has 1 atom stereocenters. The Morgan fingerprint density at radius 1 is 0.556 bits per heavy atom. The Hall–Kier alpha value is -9.39. The Bertz CT molecular complexity index is 4230. The fourth-order valence-electron chi connectivity index (χ4n) is 9.76. The molecule has 13 rings (SSSR count). The minimum Gasteiger partial charge on any atom is -0.705 e. The Morgan fingerprint density at radius 3 is 1.85 bits per heavy atom. The average Bonchev–Trinajstić information content (AvgIpc) is 3.57. The summed E-state index contributed by atoms with van der Waals surface area (Å²) in [4.78, 5) is 22.4. The Balaban J connectivity index is 0.000000143. The summed E-state index contributed by atoms with van der Waals surface area (Å²) < 4.78 is 6.04. The Morgan fingerprint density at radius 2 is 1.14 bits per heavy atom. The van der Waals surface area contributed by atoms with Gasteiger partial charge < -0.3 is 21.1 Å². The zero-order chi connectivity index (χ0) is 54.4. The molecule has 0 amide bonds. The van der Waals surface area contributed by atoms with Crippen LogP contribution < -0.4 is 4.74 Å². The van der Waals surface area contributed by atoms with Gasteiger partial charge in [-0.2, -0.15) is 6.20 Å². The van der Waals surface area contributed by atoms with Crippen LogP contribution in [-0.2, 0) is 39.6 Å². The third kappa shape index (κ3) is 12.9. The van der Waals surface area contributed by atoms with E-state index in [-0.39, 0.29) is 34.1 Å². The van der Waals surface area contributed by atoms with Gasteiger partial charge in [-0.05, 0) is 85.3 Å². The SMILES string of the molecule is C/C=C(\[N-]C)c1cccc2c1ncc1ccccc12.CC#CC(C)(/C=C\C=C/[NH-])c1ccccc1-c1ccccn1.[Cu+2].[Cu+].c1ccc2c(c1)[N-]c1c(cccc1-c1cccc3cccnc13)O2.c1cnc2c(c1)ccc1cccnc12. The molecule has 1 N–H and O–H groups in total. The summed E-state index contributed by atoms with van der Waals surface area (Å²) in [5.41, 5.74) is 19.6. The molecule has 0 aliphatic carbocycles. The van der Waals surface area contributed by atoms with Crippen molar-refractivity contribution in [3.8, 4) is 45.7 Å². The molecule has 81 heavy (non-hydrogen) atoms. The van der Waals surface area contributed by atoms with Crippen LogP contribution in [0, 0.1) is 11.8 Å². The first-order valence-corrected chi connectivity index (χ1v) is 25.9. The average molecular weight is 1150 g/mol. The number of nitrogens with one attached hydrogen (secondary N) is 1. The molecule has 0 fully saturated rings. The van der Waals surface area contributed by atoms with Gasteiger partial charge >= 0.3 is 34.1 Å². The number of nitrogens with zero attached hydrogens (tertiary/aromatic N) is 7. The molecule has 0 bridgehead atoms. The zero-order valence-electron chi connectivity index (χ0n) is 44.9. The number of ether oxygens (including phenoxy) is 1.